The Morgan fingerprint density at radius 3 is 2.90 bits per heavy atom. The van der Waals surface area contributed by atoms with Crippen molar-refractivity contribution in [2.75, 3.05) is 31.1 Å². The minimum atomic E-state index is -2.59. The van der Waals surface area contributed by atoms with Gasteiger partial charge in [0.25, 0.3) is 6.43 Å². The summed E-state index contributed by atoms with van der Waals surface area (Å²) in [4.78, 5) is 23.7. The van der Waals surface area contributed by atoms with E-state index in [-0.39, 0.29) is 11.2 Å². The molecule has 1 aliphatic carbocycles. The normalized spacial score (nSPS) is 19.8. The van der Waals surface area contributed by atoms with Gasteiger partial charge in [0.1, 0.15) is 11.5 Å². The van der Waals surface area contributed by atoms with E-state index in [1.54, 1.807) is 12.3 Å². The number of rotatable bonds is 3. The molecule has 1 saturated heterocycles. The lowest BCUT2D eigenvalue weighted by molar-refractivity contribution is 0.147. The Labute approximate surface area is 178 Å². The number of piperazine rings is 1. The second kappa shape index (κ2) is 7.05. The Morgan fingerprint density at radius 2 is 2.10 bits per heavy atom. The third kappa shape index (κ3) is 2.94. The Kier molecular flexibility index (Phi) is 4.27. The molecule has 0 aromatic carbocycles. The first kappa shape index (κ1) is 18.8. The van der Waals surface area contributed by atoms with Crippen LogP contribution in [0.5, 0.6) is 0 Å². The van der Waals surface area contributed by atoms with Crippen molar-refractivity contribution in [1.82, 2.24) is 25.3 Å². The molecule has 5 heterocycles. The Balaban J connectivity index is 1.54. The van der Waals surface area contributed by atoms with E-state index >= 15 is 0 Å². The van der Waals surface area contributed by atoms with Crippen molar-refractivity contribution in [1.29, 1.82) is 0 Å². The van der Waals surface area contributed by atoms with Crippen LogP contribution in [0.3, 0.4) is 0 Å². The highest BCUT2D eigenvalue weighted by Crippen LogP contribution is 2.43. The zero-order valence-corrected chi connectivity index (χ0v) is 17.0. The van der Waals surface area contributed by atoms with Gasteiger partial charge in [-0.25, -0.2) is 23.7 Å². The molecular weight excluding hydrogens is 400 g/mol. The van der Waals surface area contributed by atoms with Crippen molar-refractivity contribution in [3.8, 4) is 11.4 Å². The van der Waals surface area contributed by atoms with E-state index in [9.17, 15) is 8.78 Å². The van der Waals surface area contributed by atoms with Gasteiger partial charge in [-0.3, -0.25) is 4.99 Å². The number of nitrogens with zero attached hydrogens (tertiary/aromatic N) is 5. The fourth-order valence-electron chi connectivity index (χ4n) is 5.07. The number of aliphatic imine (C=N–C) groups is 1. The van der Waals surface area contributed by atoms with Gasteiger partial charge in [-0.05, 0) is 37.8 Å². The third-order valence-electron chi connectivity index (χ3n) is 6.83. The number of anilines is 1. The first-order valence-corrected chi connectivity index (χ1v) is 10.8. The van der Waals surface area contributed by atoms with Crippen LogP contribution in [-0.4, -0.2) is 57.9 Å². The molecule has 0 bridgehead atoms. The largest absolute Gasteiger partial charge is 0.348 e. The quantitative estimate of drug-likeness (QED) is 0.676. The van der Waals surface area contributed by atoms with Gasteiger partial charge in [-0.1, -0.05) is 0 Å². The van der Waals surface area contributed by atoms with Crippen LogP contribution in [0.4, 0.5) is 14.6 Å². The van der Waals surface area contributed by atoms with Gasteiger partial charge in [0.15, 0.2) is 5.82 Å². The monoisotopic (exact) mass is 423 g/mol. The van der Waals surface area contributed by atoms with Gasteiger partial charge in [0.05, 0.1) is 16.9 Å². The molecule has 0 atom stereocenters. The predicted octanol–water partition coefficient (Wildman–Crippen LogP) is 3.26. The Hall–Kier alpha value is -2.94. The van der Waals surface area contributed by atoms with Crippen LogP contribution in [0.2, 0.25) is 0 Å². The van der Waals surface area contributed by atoms with Crippen molar-refractivity contribution >= 4 is 23.1 Å². The van der Waals surface area contributed by atoms with Gasteiger partial charge in [-0.2, -0.15) is 0 Å². The van der Waals surface area contributed by atoms with Gasteiger partial charge < -0.3 is 15.2 Å². The summed E-state index contributed by atoms with van der Waals surface area (Å²) in [7, 11) is 0. The molecule has 1 saturated carbocycles. The van der Waals surface area contributed by atoms with Gasteiger partial charge in [-0.15, -0.1) is 0 Å². The van der Waals surface area contributed by atoms with Crippen LogP contribution in [-0.2, 0) is 6.42 Å². The lowest BCUT2D eigenvalue weighted by Gasteiger charge is -2.54. The molecule has 0 radical (unpaired) electrons. The molecule has 3 aromatic heterocycles. The van der Waals surface area contributed by atoms with Crippen molar-refractivity contribution in [2.45, 2.75) is 37.6 Å². The number of hydrogen-bond acceptors (Lipinski definition) is 6. The maximum atomic E-state index is 13.3. The minimum Gasteiger partial charge on any atom is -0.348 e. The highest BCUT2D eigenvalue weighted by Gasteiger charge is 2.45. The number of alkyl halides is 2. The molecule has 0 unspecified atom stereocenters. The summed E-state index contributed by atoms with van der Waals surface area (Å²) in [5.74, 6) is 1.50. The molecule has 6 rings (SSSR count). The maximum absolute atomic E-state index is 13.3. The van der Waals surface area contributed by atoms with E-state index in [0.29, 0.717) is 22.4 Å². The lowest BCUT2D eigenvalue weighted by Crippen LogP contribution is -2.65. The zero-order valence-electron chi connectivity index (χ0n) is 17.0. The first-order valence-electron chi connectivity index (χ1n) is 10.8. The van der Waals surface area contributed by atoms with E-state index in [2.05, 4.69) is 25.2 Å². The summed E-state index contributed by atoms with van der Waals surface area (Å²) in [6, 6.07) is 3.25. The molecule has 9 heteroatoms. The average molecular weight is 423 g/mol. The van der Waals surface area contributed by atoms with E-state index in [0.717, 1.165) is 62.5 Å². The van der Waals surface area contributed by atoms with Crippen molar-refractivity contribution < 1.29 is 8.78 Å². The van der Waals surface area contributed by atoms with E-state index in [1.165, 1.54) is 12.5 Å². The summed E-state index contributed by atoms with van der Waals surface area (Å²) in [5.41, 5.74) is 3.05. The van der Waals surface area contributed by atoms with Crippen molar-refractivity contribution in [3.05, 3.63) is 35.3 Å². The first-order chi connectivity index (χ1) is 15.1. The van der Waals surface area contributed by atoms with Gasteiger partial charge >= 0.3 is 0 Å². The summed E-state index contributed by atoms with van der Waals surface area (Å²) in [6.07, 6.45) is 5.18. The number of aromatic amines is 1. The summed E-state index contributed by atoms with van der Waals surface area (Å²) in [5, 5.41) is 4.15. The predicted molar refractivity (Wildman–Crippen MR) is 115 cm³/mol. The van der Waals surface area contributed by atoms with Crippen LogP contribution in [0.1, 0.15) is 42.6 Å². The number of pyridine rings is 1. The summed E-state index contributed by atoms with van der Waals surface area (Å²) in [6.45, 7) is 3.51. The van der Waals surface area contributed by atoms with Crippen molar-refractivity contribution in [3.63, 3.8) is 0 Å². The number of aromatic nitrogens is 4. The second-order valence-corrected chi connectivity index (χ2v) is 8.57. The van der Waals surface area contributed by atoms with Crippen LogP contribution in [0.25, 0.3) is 22.4 Å². The van der Waals surface area contributed by atoms with Crippen LogP contribution < -0.4 is 10.2 Å². The van der Waals surface area contributed by atoms with Crippen LogP contribution in [0, 0.1) is 0 Å². The Bertz CT molecular complexity index is 1180. The molecule has 1 spiro atoms. The van der Waals surface area contributed by atoms with Crippen LogP contribution in [0.15, 0.2) is 23.3 Å². The molecular formula is C22H23F2N7. The smallest absolute Gasteiger partial charge is 0.278 e. The van der Waals surface area contributed by atoms with Crippen LogP contribution >= 0.6 is 0 Å². The second-order valence-electron chi connectivity index (χ2n) is 8.57. The number of hydrogen-bond donors (Lipinski definition) is 2. The SMILES string of the molecule is FC(F)c1cc2c(-c3nc4c(c(N5CCNCC56CCC6)n3)CCN=C4)ccnc2[nH]1. The standard InChI is InChI=1S/C22H23F2N7/c23-18(24)16-10-15-13(3-7-27-19(15)28-16)20-29-17-11-25-6-2-14(17)21(30-20)31-9-8-26-12-22(31)4-1-5-22/h3,7,10-11,18,26H,1-2,4-6,8-9,12H2,(H,27,28). The highest BCUT2D eigenvalue weighted by molar-refractivity contribution is 5.93. The fraction of sp³-hybridized carbons (Fsp3) is 0.455. The molecule has 2 fully saturated rings. The van der Waals surface area contributed by atoms with Gasteiger partial charge in [0, 0.05) is 55.1 Å². The molecule has 160 valence electrons. The number of nitrogens with one attached hydrogen (secondary N) is 2. The van der Waals surface area contributed by atoms with E-state index in [4.69, 9.17) is 9.97 Å². The van der Waals surface area contributed by atoms with Crippen molar-refractivity contribution in [2.24, 2.45) is 4.99 Å². The number of H-pyrrole nitrogens is 1. The molecule has 3 aliphatic rings. The zero-order chi connectivity index (χ0) is 21.0. The third-order valence-corrected chi connectivity index (χ3v) is 6.83. The molecule has 2 aliphatic heterocycles. The topological polar surface area (TPSA) is 82.1 Å². The molecule has 7 nitrogen and oxygen atoms in total. The fourth-order valence-corrected chi connectivity index (χ4v) is 5.07. The maximum Gasteiger partial charge on any atom is 0.278 e. The van der Waals surface area contributed by atoms with E-state index < -0.39 is 6.43 Å². The molecule has 31 heavy (non-hydrogen) atoms. The summed E-state index contributed by atoms with van der Waals surface area (Å²) >= 11 is 0. The highest BCUT2D eigenvalue weighted by atomic mass is 19.3. The average Bonchev–Trinajstić information content (AvgIpc) is 3.22. The molecule has 2 N–H and O–H groups in total. The molecule has 0 amide bonds. The van der Waals surface area contributed by atoms with E-state index in [1.807, 2.05) is 6.21 Å². The molecule has 3 aromatic rings. The number of fused-ring (bicyclic) bond motifs is 2. The Morgan fingerprint density at radius 1 is 1.19 bits per heavy atom. The minimum absolute atomic E-state index is 0.108. The number of halogens is 2. The van der Waals surface area contributed by atoms with Gasteiger partial charge in [0.2, 0.25) is 0 Å². The lowest BCUT2D eigenvalue weighted by atomic mass is 9.74. The summed E-state index contributed by atoms with van der Waals surface area (Å²) < 4.78 is 26.6.